The van der Waals surface area contributed by atoms with Crippen LogP contribution in [0.15, 0.2) is 53.3 Å². The molecule has 0 bridgehead atoms. The molecule has 3 nitrogen and oxygen atoms in total. The molecule has 1 aromatic carbocycles. The second-order valence-corrected chi connectivity index (χ2v) is 5.77. The van der Waals surface area contributed by atoms with Gasteiger partial charge in [0.25, 0.3) is 0 Å². The normalized spacial score (nSPS) is 10.9. The fourth-order valence-corrected chi connectivity index (χ4v) is 2.79. The van der Waals surface area contributed by atoms with Crippen LogP contribution in [0, 0.1) is 0 Å². The molecule has 0 atom stereocenters. The Bertz CT molecular complexity index is 732. The van der Waals surface area contributed by atoms with Gasteiger partial charge in [-0.3, -0.25) is 0 Å². The van der Waals surface area contributed by atoms with Crippen molar-refractivity contribution in [2.24, 2.45) is 0 Å². The minimum Gasteiger partial charge on any atom is -0.376 e. The molecule has 0 unspecified atom stereocenters. The lowest BCUT2D eigenvalue weighted by Gasteiger charge is -2.13. The minimum absolute atomic E-state index is 0.824. The van der Waals surface area contributed by atoms with Crippen molar-refractivity contribution in [3.05, 3.63) is 64.7 Å². The maximum absolute atomic E-state index is 4.65. The summed E-state index contributed by atoms with van der Waals surface area (Å²) in [7, 11) is 4.09. The first-order valence-corrected chi connectivity index (χ1v) is 7.32. The molecule has 0 radical (unpaired) electrons. The highest BCUT2D eigenvalue weighted by Crippen LogP contribution is 2.23. The average Bonchev–Trinajstić information content (AvgIpc) is 2.76. The van der Waals surface area contributed by atoms with E-state index in [0.717, 1.165) is 28.1 Å². The predicted molar refractivity (Wildman–Crippen MR) is 86.5 cm³/mol. The van der Waals surface area contributed by atoms with E-state index in [1.165, 1.54) is 5.56 Å². The molecule has 0 aliphatic carbocycles. The van der Waals surface area contributed by atoms with E-state index in [4.69, 9.17) is 0 Å². The number of halogens is 1. The van der Waals surface area contributed by atoms with Crippen LogP contribution in [0.25, 0.3) is 5.52 Å². The van der Waals surface area contributed by atoms with Crippen molar-refractivity contribution >= 4 is 27.1 Å². The van der Waals surface area contributed by atoms with E-state index in [-0.39, 0.29) is 0 Å². The SMILES string of the molecule is CN(C)c1ccc2c(Br)nc(Cc3ccccc3)n2c1. The second-order valence-electron chi connectivity index (χ2n) is 5.02. The fraction of sp³-hybridized carbons (Fsp3) is 0.188. The summed E-state index contributed by atoms with van der Waals surface area (Å²) in [5.41, 5.74) is 3.53. The van der Waals surface area contributed by atoms with Crippen LogP contribution in [-0.4, -0.2) is 23.5 Å². The summed E-state index contributed by atoms with van der Waals surface area (Å²) in [6.07, 6.45) is 2.95. The summed E-state index contributed by atoms with van der Waals surface area (Å²) in [5, 5.41) is 0. The number of imidazole rings is 1. The molecular weight excluding hydrogens is 314 g/mol. The van der Waals surface area contributed by atoms with Crippen molar-refractivity contribution in [2.45, 2.75) is 6.42 Å². The Balaban J connectivity index is 2.08. The highest BCUT2D eigenvalue weighted by atomic mass is 79.9. The van der Waals surface area contributed by atoms with E-state index < -0.39 is 0 Å². The predicted octanol–water partition coefficient (Wildman–Crippen LogP) is 3.75. The Morgan fingerprint density at radius 1 is 1.10 bits per heavy atom. The molecule has 0 N–H and O–H groups in total. The minimum atomic E-state index is 0.824. The van der Waals surface area contributed by atoms with Gasteiger partial charge in [0.1, 0.15) is 10.4 Å². The van der Waals surface area contributed by atoms with Gasteiger partial charge in [-0.25, -0.2) is 4.98 Å². The molecule has 0 fully saturated rings. The zero-order valence-corrected chi connectivity index (χ0v) is 13.1. The van der Waals surface area contributed by atoms with Gasteiger partial charge < -0.3 is 9.30 Å². The quantitative estimate of drug-likeness (QED) is 0.729. The molecule has 3 aromatic rings. The number of pyridine rings is 1. The molecule has 2 aromatic heterocycles. The van der Waals surface area contributed by atoms with E-state index in [9.17, 15) is 0 Å². The Labute approximate surface area is 127 Å². The van der Waals surface area contributed by atoms with E-state index in [1.807, 2.05) is 20.2 Å². The van der Waals surface area contributed by atoms with Crippen LogP contribution in [0.5, 0.6) is 0 Å². The lowest BCUT2D eigenvalue weighted by Crippen LogP contribution is -2.09. The smallest absolute Gasteiger partial charge is 0.132 e. The molecule has 0 aliphatic heterocycles. The van der Waals surface area contributed by atoms with E-state index in [1.54, 1.807) is 0 Å². The summed E-state index contributed by atoms with van der Waals surface area (Å²) in [6, 6.07) is 14.6. The Morgan fingerprint density at radius 3 is 2.55 bits per heavy atom. The number of rotatable bonds is 3. The van der Waals surface area contributed by atoms with Gasteiger partial charge in [0, 0.05) is 26.7 Å². The van der Waals surface area contributed by atoms with Gasteiger partial charge in [0.05, 0.1) is 11.2 Å². The summed E-state index contributed by atoms with van der Waals surface area (Å²) in [6.45, 7) is 0. The number of hydrogen-bond acceptors (Lipinski definition) is 2. The number of nitrogens with zero attached hydrogens (tertiary/aromatic N) is 3. The first-order chi connectivity index (χ1) is 9.65. The lowest BCUT2D eigenvalue weighted by atomic mass is 10.1. The summed E-state index contributed by atoms with van der Waals surface area (Å²) in [4.78, 5) is 6.74. The molecule has 3 rings (SSSR count). The van der Waals surface area contributed by atoms with Gasteiger partial charge in [-0.2, -0.15) is 0 Å². The Hall–Kier alpha value is -1.81. The van der Waals surface area contributed by atoms with Crippen molar-refractivity contribution in [3.8, 4) is 0 Å². The molecule has 0 saturated carbocycles. The van der Waals surface area contributed by atoms with Crippen LogP contribution >= 0.6 is 15.9 Å². The van der Waals surface area contributed by atoms with Crippen LogP contribution < -0.4 is 4.90 Å². The van der Waals surface area contributed by atoms with Crippen LogP contribution in [0.3, 0.4) is 0 Å². The van der Waals surface area contributed by atoms with Crippen LogP contribution in [0.2, 0.25) is 0 Å². The zero-order chi connectivity index (χ0) is 14.1. The molecule has 2 heterocycles. The highest BCUT2D eigenvalue weighted by molar-refractivity contribution is 9.10. The number of fused-ring (bicyclic) bond motifs is 1. The van der Waals surface area contributed by atoms with E-state index >= 15 is 0 Å². The number of benzene rings is 1. The fourth-order valence-electron chi connectivity index (χ4n) is 2.26. The average molecular weight is 330 g/mol. The third-order valence-electron chi connectivity index (χ3n) is 3.37. The molecule has 0 aliphatic rings. The monoisotopic (exact) mass is 329 g/mol. The topological polar surface area (TPSA) is 20.5 Å². The van der Waals surface area contributed by atoms with E-state index in [0.29, 0.717) is 0 Å². The molecule has 0 amide bonds. The van der Waals surface area contributed by atoms with Crippen LogP contribution in [-0.2, 0) is 6.42 Å². The number of anilines is 1. The molecule has 0 saturated heterocycles. The van der Waals surface area contributed by atoms with Gasteiger partial charge in [-0.1, -0.05) is 30.3 Å². The van der Waals surface area contributed by atoms with Gasteiger partial charge in [0.2, 0.25) is 0 Å². The third-order valence-corrected chi connectivity index (χ3v) is 3.95. The van der Waals surface area contributed by atoms with Crippen LogP contribution in [0.4, 0.5) is 5.69 Å². The van der Waals surface area contributed by atoms with Crippen molar-refractivity contribution in [1.82, 2.24) is 9.38 Å². The summed E-state index contributed by atoms with van der Waals surface area (Å²) < 4.78 is 3.06. The lowest BCUT2D eigenvalue weighted by molar-refractivity contribution is 0.952. The standard InChI is InChI=1S/C16H16BrN3/c1-19(2)13-8-9-14-16(17)18-15(20(14)11-13)10-12-6-4-3-5-7-12/h3-9,11H,10H2,1-2H3. The molecule has 20 heavy (non-hydrogen) atoms. The summed E-state index contributed by atoms with van der Waals surface area (Å²) >= 11 is 3.55. The first kappa shape index (κ1) is 13.2. The number of hydrogen-bond donors (Lipinski definition) is 0. The molecule has 4 heteroatoms. The van der Waals surface area contributed by atoms with Crippen LogP contribution in [0.1, 0.15) is 11.4 Å². The number of aromatic nitrogens is 2. The highest BCUT2D eigenvalue weighted by Gasteiger charge is 2.10. The Morgan fingerprint density at radius 2 is 1.85 bits per heavy atom. The van der Waals surface area contributed by atoms with Crippen molar-refractivity contribution in [2.75, 3.05) is 19.0 Å². The molecular formula is C16H16BrN3. The van der Waals surface area contributed by atoms with Gasteiger partial charge >= 0.3 is 0 Å². The van der Waals surface area contributed by atoms with Crippen molar-refractivity contribution in [1.29, 1.82) is 0 Å². The van der Waals surface area contributed by atoms with Crippen molar-refractivity contribution < 1.29 is 0 Å². The maximum Gasteiger partial charge on any atom is 0.132 e. The maximum atomic E-state index is 4.65. The van der Waals surface area contributed by atoms with E-state index in [2.05, 4.69) is 72.8 Å². The largest absolute Gasteiger partial charge is 0.376 e. The molecule has 0 spiro atoms. The second kappa shape index (κ2) is 5.29. The Kier molecular flexibility index (Phi) is 3.49. The summed E-state index contributed by atoms with van der Waals surface area (Å²) in [5.74, 6) is 1.04. The van der Waals surface area contributed by atoms with Gasteiger partial charge in [0.15, 0.2) is 0 Å². The van der Waals surface area contributed by atoms with Crippen molar-refractivity contribution in [3.63, 3.8) is 0 Å². The van der Waals surface area contributed by atoms with Gasteiger partial charge in [-0.05, 0) is 33.6 Å². The zero-order valence-electron chi connectivity index (χ0n) is 11.5. The van der Waals surface area contributed by atoms with Gasteiger partial charge in [-0.15, -0.1) is 0 Å². The third kappa shape index (κ3) is 2.43. The molecule has 102 valence electrons. The first-order valence-electron chi connectivity index (χ1n) is 6.53.